The van der Waals surface area contributed by atoms with Crippen molar-refractivity contribution in [3.63, 3.8) is 0 Å². The molecule has 0 unspecified atom stereocenters. The van der Waals surface area contributed by atoms with Crippen molar-refractivity contribution in [3.8, 4) is 0 Å². The van der Waals surface area contributed by atoms with Crippen molar-refractivity contribution in [2.24, 2.45) is 5.41 Å². The molecular formula is C15H26FN3. The van der Waals surface area contributed by atoms with Gasteiger partial charge in [-0.05, 0) is 11.5 Å². The second-order valence-corrected chi connectivity index (χ2v) is 6.56. The number of rotatable bonds is 5. The third-order valence-corrected chi connectivity index (χ3v) is 2.72. The first-order chi connectivity index (χ1) is 8.70. The van der Waals surface area contributed by atoms with Crippen molar-refractivity contribution in [1.82, 2.24) is 10.3 Å². The highest BCUT2D eigenvalue weighted by Crippen LogP contribution is 2.22. The van der Waals surface area contributed by atoms with Crippen LogP contribution in [0.25, 0.3) is 0 Å². The van der Waals surface area contributed by atoms with E-state index in [0.29, 0.717) is 24.0 Å². The van der Waals surface area contributed by atoms with E-state index < -0.39 is 0 Å². The van der Waals surface area contributed by atoms with Crippen molar-refractivity contribution in [2.75, 3.05) is 18.5 Å². The number of nitrogens with zero attached hydrogens (tertiary/aromatic N) is 2. The van der Waals surface area contributed by atoms with Crippen molar-refractivity contribution in [1.29, 1.82) is 0 Å². The van der Waals surface area contributed by atoms with Gasteiger partial charge in [0.05, 0.1) is 0 Å². The molecule has 3 nitrogen and oxygen atoms in total. The highest BCUT2D eigenvalue weighted by Gasteiger charge is 2.18. The van der Waals surface area contributed by atoms with E-state index in [4.69, 9.17) is 0 Å². The summed E-state index contributed by atoms with van der Waals surface area (Å²) in [6.45, 7) is 11.8. The summed E-state index contributed by atoms with van der Waals surface area (Å²) in [6.07, 6.45) is 1.68. The number of anilines is 1. The summed E-state index contributed by atoms with van der Waals surface area (Å²) >= 11 is 0. The molecule has 0 aliphatic carbocycles. The zero-order valence-electron chi connectivity index (χ0n) is 12.9. The van der Waals surface area contributed by atoms with Gasteiger partial charge in [-0.1, -0.05) is 34.6 Å². The van der Waals surface area contributed by atoms with Crippen LogP contribution < -0.4 is 10.2 Å². The Labute approximate surface area is 116 Å². The molecule has 0 spiro atoms. The van der Waals surface area contributed by atoms with Crippen LogP contribution in [0.1, 0.15) is 40.2 Å². The van der Waals surface area contributed by atoms with Gasteiger partial charge in [0.25, 0.3) is 0 Å². The lowest BCUT2D eigenvalue weighted by Crippen LogP contribution is -2.31. The summed E-state index contributed by atoms with van der Waals surface area (Å²) in [5.41, 5.74) is 0.772. The monoisotopic (exact) mass is 267 g/mol. The Bertz CT molecular complexity index is 410. The van der Waals surface area contributed by atoms with Gasteiger partial charge in [-0.15, -0.1) is 0 Å². The Kier molecular flexibility index (Phi) is 5.29. The third-order valence-electron chi connectivity index (χ3n) is 2.72. The minimum Gasteiger partial charge on any atom is -0.357 e. The van der Waals surface area contributed by atoms with E-state index in [1.54, 1.807) is 12.3 Å². The number of pyridine rings is 1. The molecule has 0 aromatic carbocycles. The molecule has 1 N–H and O–H groups in total. The first-order valence-electron chi connectivity index (χ1n) is 6.78. The van der Waals surface area contributed by atoms with Crippen LogP contribution in [-0.4, -0.2) is 24.6 Å². The van der Waals surface area contributed by atoms with E-state index in [1.165, 1.54) is 0 Å². The molecular weight excluding hydrogens is 241 g/mol. The fourth-order valence-electron chi connectivity index (χ4n) is 1.97. The number of hydrogen-bond acceptors (Lipinski definition) is 3. The second kappa shape index (κ2) is 6.33. The summed E-state index contributed by atoms with van der Waals surface area (Å²) < 4.78 is 14.4. The number of hydrogen-bond donors (Lipinski definition) is 1. The van der Waals surface area contributed by atoms with Gasteiger partial charge in [0.1, 0.15) is 0 Å². The highest BCUT2D eigenvalue weighted by atomic mass is 19.1. The molecule has 1 rings (SSSR count). The largest absolute Gasteiger partial charge is 0.357 e. The Morgan fingerprint density at radius 3 is 2.53 bits per heavy atom. The molecule has 0 radical (unpaired) electrons. The second-order valence-electron chi connectivity index (χ2n) is 6.56. The Hall–Kier alpha value is -1.16. The molecule has 108 valence electrons. The molecule has 0 saturated carbocycles. The van der Waals surface area contributed by atoms with Crippen LogP contribution in [0.15, 0.2) is 12.3 Å². The quantitative estimate of drug-likeness (QED) is 0.888. The topological polar surface area (TPSA) is 28.2 Å². The number of aromatic nitrogens is 1. The molecule has 0 atom stereocenters. The van der Waals surface area contributed by atoms with Crippen LogP contribution in [0.2, 0.25) is 0 Å². The Morgan fingerprint density at radius 2 is 2.00 bits per heavy atom. The lowest BCUT2D eigenvalue weighted by Gasteiger charge is -2.28. The maximum Gasteiger partial charge on any atom is 0.170 e. The van der Waals surface area contributed by atoms with Gasteiger partial charge in [0.2, 0.25) is 0 Å². The zero-order valence-corrected chi connectivity index (χ0v) is 12.9. The van der Waals surface area contributed by atoms with Gasteiger partial charge in [0, 0.05) is 37.9 Å². The molecule has 0 bridgehead atoms. The number of halogens is 1. The van der Waals surface area contributed by atoms with Crippen LogP contribution in [0, 0.1) is 11.2 Å². The summed E-state index contributed by atoms with van der Waals surface area (Å²) in [6, 6.07) is 2.07. The molecule has 0 saturated heterocycles. The van der Waals surface area contributed by atoms with Crippen LogP contribution in [0.3, 0.4) is 0 Å². The number of nitrogens with one attached hydrogen (secondary N) is 1. The Balaban J connectivity index is 2.87. The summed E-state index contributed by atoms with van der Waals surface area (Å²) in [4.78, 5) is 6.06. The van der Waals surface area contributed by atoms with Crippen molar-refractivity contribution < 1.29 is 4.39 Å². The van der Waals surface area contributed by atoms with Gasteiger partial charge in [-0.25, -0.2) is 9.37 Å². The minimum absolute atomic E-state index is 0.106. The van der Waals surface area contributed by atoms with Crippen molar-refractivity contribution in [3.05, 3.63) is 23.6 Å². The van der Waals surface area contributed by atoms with E-state index >= 15 is 0 Å². The molecule has 0 fully saturated rings. The van der Waals surface area contributed by atoms with Crippen LogP contribution in [-0.2, 0) is 6.54 Å². The predicted octanol–water partition coefficient (Wildman–Crippen LogP) is 3.20. The molecule has 19 heavy (non-hydrogen) atoms. The first-order valence-corrected chi connectivity index (χ1v) is 6.78. The highest BCUT2D eigenvalue weighted by molar-refractivity contribution is 5.42. The lowest BCUT2D eigenvalue weighted by molar-refractivity contribution is 0.415. The summed E-state index contributed by atoms with van der Waals surface area (Å²) in [5, 5.41) is 3.23. The fraction of sp³-hybridized carbons (Fsp3) is 0.667. The molecule has 0 aliphatic rings. The minimum atomic E-state index is -0.220. The molecule has 0 aliphatic heterocycles. The average Bonchev–Trinajstić information content (AvgIpc) is 2.25. The lowest BCUT2D eigenvalue weighted by atomic mass is 9.96. The Morgan fingerprint density at radius 1 is 1.37 bits per heavy atom. The first kappa shape index (κ1) is 15.9. The SMILES string of the molecule is CC(C)NCc1ccnc(N(C)CC(C)(C)C)c1F. The maximum atomic E-state index is 14.4. The third kappa shape index (κ3) is 5.15. The van der Waals surface area contributed by atoms with E-state index in [9.17, 15) is 4.39 Å². The van der Waals surface area contributed by atoms with Crippen LogP contribution in [0.5, 0.6) is 0 Å². The van der Waals surface area contributed by atoms with E-state index in [2.05, 4.69) is 31.1 Å². The smallest absolute Gasteiger partial charge is 0.170 e. The maximum absolute atomic E-state index is 14.4. The predicted molar refractivity (Wildman–Crippen MR) is 78.9 cm³/mol. The molecule has 0 amide bonds. The van der Waals surface area contributed by atoms with Gasteiger partial charge in [-0.2, -0.15) is 0 Å². The summed E-state index contributed by atoms with van der Waals surface area (Å²) in [7, 11) is 1.89. The normalized spacial score (nSPS) is 12.0. The van der Waals surface area contributed by atoms with E-state index in [0.717, 1.165) is 6.54 Å². The van der Waals surface area contributed by atoms with Gasteiger partial charge < -0.3 is 10.2 Å². The van der Waals surface area contributed by atoms with Crippen molar-refractivity contribution >= 4 is 5.82 Å². The molecule has 1 aromatic heterocycles. The van der Waals surface area contributed by atoms with E-state index in [1.807, 2.05) is 25.8 Å². The van der Waals surface area contributed by atoms with Crippen LogP contribution in [0.4, 0.5) is 10.2 Å². The van der Waals surface area contributed by atoms with Crippen LogP contribution >= 0.6 is 0 Å². The van der Waals surface area contributed by atoms with Crippen molar-refractivity contribution in [2.45, 2.75) is 47.2 Å². The zero-order chi connectivity index (χ0) is 14.6. The van der Waals surface area contributed by atoms with Gasteiger partial charge in [-0.3, -0.25) is 0 Å². The molecule has 1 aromatic rings. The molecule has 4 heteroatoms. The standard InChI is InChI=1S/C15H26FN3/c1-11(2)18-9-12-7-8-17-14(13(12)16)19(6)10-15(3,4)5/h7-8,11,18H,9-10H2,1-6H3. The van der Waals surface area contributed by atoms with Gasteiger partial charge >= 0.3 is 0 Å². The fourth-order valence-corrected chi connectivity index (χ4v) is 1.97. The average molecular weight is 267 g/mol. The summed E-state index contributed by atoms with van der Waals surface area (Å²) in [5.74, 6) is 0.209. The van der Waals surface area contributed by atoms with E-state index in [-0.39, 0.29) is 11.2 Å². The molecule has 1 heterocycles. The van der Waals surface area contributed by atoms with Gasteiger partial charge in [0.15, 0.2) is 11.6 Å².